The molecule has 0 aliphatic carbocycles. The van der Waals surface area contributed by atoms with Crippen molar-refractivity contribution in [1.29, 1.82) is 5.26 Å². The van der Waals surface area contributed by atoms with Crippen LogP contribution in [0.2, 0.25) is 0 Å². The number of rotatable bonds is 2. The van der Waals surface area contributed by atoms with E-state index in [1.54, 1.807) is 18.2 Å². The molecule has 0 bridgehead atoms. The highest BCUT2D eigenvalue weighted by Crippen LogP contribution is 2.28. The Morgan fingerprint density at radius 2 is 2.16 bits per heavy atom. The van der Waals surface area contributed by atoms with Gasteiger partial charge in [0.1, 0.15) is 16.8 Å². The van der Waals surface area contributed by atoms with Gasteiger partial charge < -0.3 is 4.42 Å². The van der Waals surface area contributed by atoms with Gasteiger partial charge >= 0.3 is 0 Å². The molecule has 92 valence electrons. The Morgan fingerprint density at radius 3 is 2.84 bits per heavy atom. The molecular formula is C14H7BrN2OS. The van der Waals surface area contributed by atoms with Crippen molar-refractivity contribution in [1.82, 2.24) is 4.98 Å². The first kappa shape index (κ1) is 12.2. The topological polar surface area (TPSA) is 49.8 Å². The number of nitriles is 1. The fourth-order valence-corrected chi connectivity index (χ4v) is 2.93. The van der Waals surface area contributed by atoms with Crippen molar-refractivity contribution < 1.29 is 4.42 Å². The molecule has 0 unspecified atom stereocenters. The van der Waals surface area contributed by atoms with Crippen LogP contribution < -0.4 is 0 Å². The summed E-state index contributed by atoms with van der Waals surface area (Å²) in [5.41, 5.74) is 1.41. The zero-order chi connectivity index (χ0) is 13.2. The zero-order valence-electron chi connectivity index (χ0n) is 9.63. The zero-order valence-corrected chi connectivity index (χ0v) is 12.0. The standard InChI is InChI=1S/C14H7BrN2OS/c15-13-6-5-10(18-13)7-9(8-16)14-17-11-3-1-2-4-12(11)19-14/h1-7H/b9-7+. The van der Waals surface area contributed by atoms with Gasteiger partial charge in [-0.15, -0.1) is 11.3 Å². The number of furan rings is 1. The molecule has 3 rings (SSSR count). The third kappa shape index (κ3) is 2.46. The van der Waals surface area contributed by atoms with Gasteiger partial charge in [0.25, 0.3) is 0 Å². The molecule has 2 heterocycles. The first-order valence-electron chi connectivity index (χ1n) is 5.49. The second-order valence-electron chi connectivity index (χ2n) is 3.80. The molecule has 3 aromatic rings. The van der Waals surface area contributed by atoms with Crippen LogP contribution in [-0.2, 0) is 0 Å². The average molecular weight is 331 g/mol. The van der Waals surface area contributed by atoms with Crippen molar-refractivity contribution in [2.75, 3.05) is 0 Å². The summed E-state index contributed by atoms with van der Waals surface area (Å²) >= 11 is 4.74. The molecule has 0 spiro atoms. The predicted molar refractivity (Wildman–Crippen MR) is 79.5 cm³/mol. The highest BCUT2D eigenvalue weighted by Gasteiger charge is 2.09. The summed E-state index contributed by atoms with van der Waals surface area (Å²) in [5.74, 6) is 0.627. The monoisotopic (exact) mass is 330 g/mol. The van der Waals surface area contributed by atoms with E-state index in [1.807, 2.05) is 24.3 Å². The maximum Gasteiger partial charge on any atom is 0.169 e. The maximum absolute atomic E-state index is 9.27. The van der Waals surface area contributed by atoms with E-state index in [4.69, 9.17) is 4.42 Å². The lowest BCUT2D eigenvalue weighted by Crippen LogP contribution is -1.78. The number of thiazole rings is 1. The van der Waals surface area contributed by atoms with Crippen LogP contribution in [0.4, 0.5) is 0 Å². The van der Waals surface area contributed by atoms with E-state index in [0.717, 1.165) is 10.2 Å². The van der Waals surface area contributed by atoms with E-state index in [0.29, 0.717) is 21.0 Å². The van der Waals surface area contributed by atoms with Gasteiger partial charge in [0.05, 0.1) is 15.8 Å². The molecule has 0 radical (unpaired) electrons. The molecule has 0 fully saturated rings. The van der Waals surface area contributed by atoms with E-state index >= 15 is 0 Å². The van der Waals surface area contributed by atoms with Crippen LogP contribution in [0.25, 0.3) is 21.9 Å². The summed E-state index contributed by atoms with van der Waals surface area (Å²) in [5, 5.41) is 9.97. The second-order valence-corrected chi connectivity index (χ2v) is 5.61. The van der Waals surface area contributed by atoms with Crippen LogP contribution in [-0.4, -0.2) is 4.98 Å². The van der Waals surface area contributed by atoms with Gasteiger partial charge in [-0.2, -0.15) is 5.26 Å². The van der Waals surface area contributed by atoms with Gasteiger partial charge in [0, 0.05) is 6.08 Å². The van der Waals surface area contributed by atoms with Crippen LogP contribution >= 0.6 is 27.3 Å². The van der Waals surface area contributed by atoms with Gasteiger partial charge in [-0.25, -0.2) is 4.98 Å². The number of benzene rings is 1. The summed E-state index contributed by atoms with van der Waals surface area (Å²) in [6, 6.07) is 13.6. The Hall–Kier alpha value is -1.90. The van der Waals surface area contributed by atoms with Crippen molar-refractivity contribution in [2.45, 2.75) is 0 Å². The van der Waals surface area contributed by atoms with Crippen molar-refractivity contribution in [3.8, 4) is 6.07 Å². The molecule has 5 heteroatoms. The molecule has 0 aliphatic rings. The fraction of sp³-hybridized carbons (Fsp3) is 0. The van der Waals surface area contributed by atoms with E-state index in [1.165, 1.54) is 11.3 Å². The summed E-state index contributed by atoms with van der Waals surface area (Å²) in [7, 11) is 0. The Kier molecular flexibility index (Phi) is 3.20. The number of fused-ring (bicyclic) bond motifs is 1. The minimum atomic E-state index is 0.503. The van der Waals surface area contributed by atoms with Crippen molar-refractivity contribution in [3.05, 3.63) is 51.8 Å². The molecule has 2 aromatic heterocycles. The van der Waals surface area contributed by atoms with Crippen LogP contribution in [0.15, 0.2) is 45.5 Å². The number of allylic oxidation sites excluding steroid dienone is 1. The van der Waals surface area contributed by atoms with Gasteiger partial charge in [-0.3, -0.25) is 0 Å². The number of hydrogen-bond acceptors (Lipinski definition) is 4. The van der Waals surface area contributed by atoms with Crippen molar-refractivity contribution >= 4 is 49.1 Å². The molecule has 19 heavy (non-hydrogen) atoms. The number of aromatic nitrogens is 1. The van der Waals surface area contributed by atoms with E-state index in [-0.39, 0.29) is 0 Å². The minimum absolute atomic E-state index is 0.503. The maximum atomic E-state index is 9.27. The molecule has 3 nitrogen and oxygen atoms in total. The van der Waals surface area contributed by atoms with Crippen LogP contribution in [0.1, 0.15) is 10.8 Å². The number of hydrogen-bond donors (Lipinski definition) is 0. The summed E-state index contributed by atoms with van der Waals surface area (Å²) < 4.78 is 7.09. The lowest BCUT2D eigenvalue weighted by atomic mass is 10.2. The predicted octanol–water partition coefficient (Wildman–Crippen LogP) is 4.72. The highest BCUT2D eigenvalue weighted by molar-refractivity contribution is 9.10. The summed E-state index contributed by atoms with van der Waals surface area (Å²) in [6.45, 7) is 0. The first-order chi connectivity index (χ1) is 9.26. The number of halogens is 1. The summed E-state index contributed by atoms with van der Waals surface area (Å²) in [4.78, 5) is 4.46. The second kappa shape index (κ2) is 5.00. The van der Waals surface area contributed by atoms with Crippen LogP contribution in [0.5, 0.6) is 0 Å². The van der Waals surface area contributed by atoms with Crippen LogP contribution in [0, 0.1) is 11.3 Å². The first-order valence-corrected chi connectivity index (χ1v) is 7.10. The molecule has 1 aromatic carbocycles. The molecule has 0 N–H and O–H groups in total. The Balaban J connectivity index is 2.07. The smallest absolute Gasteiger partial charge is 0.169 e. The minimum Gasteiger partial charge on any atom is -0.450 e. The third-order valence-corrected chi connectivity index (χ3v) is 4.02. The van der Waals surface area contributed by atoms with Gasteiger partial charge in [-0.05, 0) is 40.2 Å². The van der Waals surface area contributed by atoms with Gasteiger partial charge in [0.15, 0.2) is 4.67 Å². The number of nitrogens with zero attached hydrogens (tertiary/aromatic N) is 2. The molecule has 0 aliphatic heterocycles. The SMILES string of the molecule is N#C/C(=C\c1ccc(Br)o1)c1nc2ccccc2s1. The Morgan fingerprint density at radius 1 is 1.32 bits per heavy atom. The van der Waals surface area contributed by atoms with Crippen molar-refractivity contribution in [3.63, 3.8) is 0 Å². The lowest BCUT2D eigenvalue weighted by Gasteiger charge is -1.90. The van der Waals surface area contributed by atoms with Crippen LogP contribution in [0.3, 0.4) is 0 Å². The molecular weight excluding hydrogens is 324 g/mol. The summed E-state index contributed by atoms with van der Waals surface area (Å²) in [6.07, 6.45) is 1.70. The lowest BCUT2D eigenvalue weighted by molar-refractivity contribution is 0.532. The molecule has 0 amide bonds. The quantitative estimate of drug-likeness (QED) is 0.639. The highest BCUT2D eigenvalue weighted by atomic mass is 79.9. The molecule has 0 saturated carbocycles. The molecule has 0 atom stereocenters. The Bertz CT molecular complexity index is 777. The fourth-order valence-electron chi connectivity index (χ4n) is 1.68. The molecule has 0 saturated heterocycles. The van der Waals surface area contributed by atoms with E-state index in [9.17, 15) is 5.26 Å². The van der Waals surface area contributed by atoms with Gasteiger partial charge in [0.2, 0.25) is 0 Å². The Labute approximate surface area is 121 Å². The largest absolute Gasteiger partial charge is 0.450 e. The van der Waals surface area contributed by atoms with Gasteiger partial charge in [-0.1, -0.05) is 12.1 Å². The normalized spacial score (nSPS) is 11.7. The number of para-hydroxylation sites is 1. The van der Waals surface area contributed by atoms with E-state index < -0.39 is 0 Å². The third-order valence-electron chi connectivity index (χ3n) is 2.53. The average Bonchev–Trinajstić information content (AvgIpc) is 3.01. The van der Waals surface area contributed by atoms with Crippen molar-refractivity contribution in [2.24, 2.45) is 0 Å². The van der Waals surface area contributed by atoms with E-state index in [2.05, 4.69) is 27.0 Å².